The lowest BCUT2D eigenvalue weighted by Crippen LogP contribution is -2.07. The van der Waals surface area contributed by atoms with E-state index < -0.39 is 37.5 Å². The minimum Gasteiger partial charge on any atom is -0.258 e. The Hall–Kier alpha value is -1.71. The summed E-state index contributed by atoms with van der Waals surface area (Å²) in [7, 11) is -5.45. The van der Waals surface area contributed by atoms with Gasteiger partial charge in [0.15, 0.2) is 4.90 Å². The number of halogens is 4. The first-order valence-corrected chi connectivity index (χ1v) is 5.22. The summed E-state index contributed by atoms with van der Waals surface area (Å²) in [6.45, 7) is 0. The van der Waals surface area contributed by atoms with Gasteiger partial charge in [-0.25, -0.2) is 0 Å². The van der Waals surface area contributed by atoms with Crippen molar-refractivity contribution in [3.63, 3.8) is 0 Å². The van der Waals surface area contributed by atoms with Gasteiger partial charge in [0.05, 0.1) is 10.5 Å². The average Bonchev–Trinajstić information content (AvgIpc) is 2.14. The van der Waals surface area contributed by atoms with Crippen molar-refractivity contribution in [3.05, 3.63) is 33.9 Å². The van der Waals surface area contributed by atoms with Crippen LogP contribution in [0.4, 0.5) is 22.7 Å². The predicted molar refractivity (Wildman–Crippen MR) is 46.4 cm³/mol. The van der Waals surface area contributed by atoms with Crippen molar-refractivity contribution in [3.8, 4) is 0 Å². The monoisotopic (exact) mass is 273 g/mol. The smallest absolute Gasteiger partial charge is 0.258 e. The second-order valence-corrected chi connectivity index (χ2v) is 4.19. The van der Waals surface area contributed by atoms with Gasteiger partial charge in [-0.15, -0.1) is 3.89 Å². The van der Waals surface area contributed by atoms with Gasteiger partial charge in [-0.3, -0.25) is 10.1 Å². The van der Waals surface area contributed by atoms with E-state index in [1.165, 1.54) is 0 Å². The molecule has 1 rings (SSSR count). The summed E-state index contributed by atoms with van der Waals surface area (Å²) in [4.78, 5) is 7.55. The summed E-state index contributed by atoms with van der Waals surface area (Å²) in [6.07, 6.45) is -4.89. The van der Waals surface area contributed by atoms with Gasteiger partial charge in [-0.05, 0) is 12.1 Å². The Labute approximate surface area is 92.0 Å². The fourth-order valence-corrected chi connectivity index (χ4v) is 1.66. The number of hydrogen-bond acceptors (Lipinski definition) is 4. The number of alkyl halides is 3. The van der Waals surface area contributed by atoms with E-state index in [0.717, 1.165) is 0 Å². The van der Waals surface area contributed by atoms with Gasteiger partial charge in [0.25, 0.3) is 5.69 Å². The average molecular weight is 273 g/mol. The molecule has 5 nitrogen and oxygen atoms in total. The van der Waals surface area contributed by atoms with Crippen LogP contribution in [0.15, 0.2) is 23.1 Å². The Morgan fingerprint density at radius 1 is 1.24 bits per heavy atom. The Balaban J connectivity index is 3.55. The number of benzene rings is 1. The third-order valence-electron chi connectivity index (χ3n) is 1.75. The van der Waals surface area contributed by atoms with E-state index in [0.29, 0.717) is 0 Å². The quantitative estimate of drug-likeness (QED) is 0.358. The standard InChI is InChI=1S/C7H3F4NO4S/c8-7(9,10)4-1-2-6(17(11,15)16)5(3-4)12(13)14/h1-3H. The highest BCUT2D eigenvalue weighted by Crippen LogP contribution is 2.34. The third-order valence-corrected chi connectivity index (χ3v) is 2.62. The molecule has 0 N–H and O–H groups in total. The molecule has 0 aliphatic heterocycles. The van der Waals surface area contributed by atoms with E-state index >= 15 is 0 Å². The Kier molecular flexibility index (Phi) is 3.10. The van der Waals surface area contributed by atoms with Crippen LogP contribution in [0.3, 0.4) is 0 Å². The highest BCUT2D eigenvalue weighted by Gasteiger charge is 2.35. The minimum absolute atomic E-state index is 0.0353. The molecule has 1 aromatic rings. The van der Waals surface area contributed by atoms with Crippen molar-refractivity contribution >= 4 is 15.9 Å². The van der Waals surface area contributed by atoms with E-state index in [2.05, 4.69) is 0 Å². The zero-order valence-electron chi connectivity index (χ0n) is 7.73. The molecule has 10 heteroatoms. The first kappa shape index (κ1) is 13.4. The molecule has 0 fully saturated rings. The van der Waals surface area contributed by atoms with Crippen molar-refractivity contribution in [2.75, 3.05) is 0 Å². The van der Waals surface area contributed by atoms with Crippen LogP contribution in [0.5, 0.6) is 0 Å². The van der Waals surface area contributed by atoms with Crippen LogP contribution in [-0.2, 0) is 16.4 Å². The normalized spacial score (nSPS) is 12.5. The van der Waals surface area contributed by atoms with Crippen molar-refractivity contribution in [2.24, 2.45) is 0 Å². The third kappa shape index (κ3) is 2.90. The summed E-state index contributed by atoms with van der Waals surface area (Å²) in [5.74, 6) is 0. The number of rotatable bonds is 2. The fourth-order valence-electron chi connectivity index (χ4n) is 1.04. The lowest BCUT2D eigenvalue weighted by atomic mass is 10.2. The molecule has 0 radical (unpaired) electrons. The van der Waals surface area contributed by atoms with Crippen molar-refractivity contribution in [1.82, 2.24) is 0 Å². The van der Waals surface area contributed by atoms with Crippen LogP contribution in [0.2, 0.25) is 0 Å². The Morgan fingerprint density at radius 3 is 2.12 bits per heavy atom. The zero-order valence-corrected chi connectivity index (χ0v) is 8.55. The number of hydrogen-bond donors (Lipinski definition) is 0. The van der Waals surface area contributed by atoms with Crippen LogP contribution in [-0.4, -0.2) is 13.3 Å². The first-order valence-electron chi connectivity index (χ1n) is 3.84. The molecule has 0 unspecified atom stereocenters. The molecule has 0 atom stereocenters. The van der Waals surface area contributed by atoms with E-state index in [1.807, 2.05) is 0 Å². The fraction of sp³-hybridized carbons (Fsp3) is 0.143. The second kappa shape index (κ2) is 3.95. The van der Waals surface area contributed by atoms with Gasteiger partial charge in [0, 0.05) is 6.07 Å². The molecule has 0 bridgehead atoms. The molecule has 94 valence electrons. The molecular weight excluding hydrogens is 270 g/mol. The maximum absolute atomic E-state index is 12.6. The molecule has 0 saturated heterocycles. The van der Waals surface area contributed by atoms with E-state index in [1.54, 1.807) is 0 Å². The van der Waals surface area contributed by atoms with Gasteiger partial charge in [0.1, 0.15) is 0 Å². The SMILES string of the molecule is O=[N+]([O-])c1cc(C(F)(F)F)ccc1S(=O)(=O)F. The summed E-state index contributed by atoms with van der Waals surface area (Å²) in [6, 6.07) is 0.419. The minimum atomic E-state index is -5.45. The van der Waals surface area contributed by atoms with Crippen LogP contribution < -0.4 is 0 Å². The molecular formula is C7H3F4NO4S. The number of nitrogens with zero attached hydrogens (tertiary/aromatic N) is 1. The van der Waals surface area contributed by atoms with E-state index in [9.17, 15) is 35.6 Å². The number of nitro groups is 1. The molecule has 0 aliphatic carbocycles. The highest BCUT2D eigenvalue weighted by molar-refractivity contribution is 7.86. The predicted octanol–water partition coefficient (Wildman–Crippen LogP) is 2.27. The Morgan fingerprint density at radius 2 is 1.76 bits per heavy atom. The molecule has 0 saturated carbocycles. The second-order valence-electron chi connectivity index (χ2n) is 2.88. The van der Waals surface area contributed by atoms with E-state index in [-0.39, 0.29) is 18.2 Å². The largest absolute Gasteiger partial charge is 0.416 e. The summed E-state index contributed by atoms with van der Waals surface area (Å²) >= 11 is 0. The molecule has 17 heavy (non-hydrogen) atoms. The maximum atomic E-state index is 12.6. The molecule has 1 aromatic carbocycles. The van der Waals surface area contributed by atoms with Crippen LogP contribution >= 0.6 is 0 Å². The summed E-state index contributed by atoms with van der Waals surface area (Å²) in [5.41, 5.74) is -2.89. The van der Waals surface area contributed by atoms with Crippen LogP contribution in [0, 0.1) is 10.1 Å². The van der Waals surface area contributed by atoms with Crippen LogP contribution in [0.25, 0.3) is 0 Å². The van der Waals surface area contributed by atoms with Gasteiger partial charge < -0.3 is 0 Å². The van der Waals surface area contributed by atoms with Gasteiger partial charge in [-0.1, -0.05) is 0 Å². The molecule has 0 aromatic heterocycles. The molecule has 0 spiro atoms. The lowest BCUT2D eigenvalue weighted by Gasteiger charge is -2.06. The highest BCUT2D eigenvalue weighted by atomic mass is 32.3. The lowest BCUT2D eigenvalue weighted by molar-refractivity contribution is -0.388. The van der Waals surface area contributed by atoms with Crippen molar-refractivity contribution < 1.29 is 30.4 Å². The van der Waals surface area contributed by atoms with Crippen molar-refractivity contribution in [1.29, 1.82) is 0 Å². The van der Waals surface area contributed by atoms with Gasteiger partial charge in [0.2, 0.25) is 0 Å². The maximum Gasteiger partial charge on any atom is 0.416 e. The number of nitro benzene ring substituents is 1. The van der Waals surface area contributed by atoms with E-state index in [4.69, 9.17) is 0 Å². The van der Waals surface area contributed by atoms with Crippen molar-refractivity contribution in [2.45, 2.75) is 11.1 Å². The first-order chi connectivity index (χ1) is 7.53. The topological polar surface area (TPSA) is 77.3 Å². The molecule has 0 aliphatic rings. The summed E-state index contributed by atoms with van der Waals surface area (Å²) in [5, 5.41) is 10.4. The molecule has 0 amide bonds. The van der Waals surface area contributed by atoms with Gasteiger partial charge in [-0.2, -0.15) is 21.6 Å². The molecule has 0 heterocycles. The summed E-state index contributed by atoms with van der Waals surface area (Å²) < 4.78 is 70.1. The van der Waals surface area contributed by atoms with Gasteiger partial charge >= 0.3 is 16.4 Å². The zero-order chi connectivity index (χ0) is 13.4. The Bertz CT molecular complexity index is 566. The van der Waals surface area contributed by atoms with Crippen LogP contribution in [0.1, 0.15) is 5.56 Å².